The van der Waals surface area contributed by atoms with Crippen LogP contribution in [0.25, 0.3) is 0 Å². The lowest BCUT2D eigenvalue weighted by molar-refractivity contribution is -0.229. The molecule has 2 fully saturated rings. The van der Waals surface area contributed by atoms with Crippen LogP contribution >= 0.6 is 0 Å². The third-order valence-electron chi connectivity index (χ3n) is 10.7. The smallest absolute Gasteiger partial charge is 0.339 e. The Labute approximate surface area is 251 Å². The molecule has 0 aromatic heterocycles. The first kappa shape index (κ1) is 34.5. The highest BCUT2D eigenvalue weighted by molar-refractivity contribution is 5.93. The summed E-state index contributed by atoms with van der Waals surface area (Å²) in [7, 11) is 0. The van der Waals surface area contributed by atoms with Crippen molar-refractivity contribution >= 4 is 11.8 Å². The quantitative estimate of drug-likeness (QED) is 0.225. The van der Waals surface area contributed by atoms with Crippen molar-refractivity contribution < 1.29 is 39.5 Å². The van der Waals surface area contributed by atoms with Crippen molar-refractivity contribution in [2.24, 2.45) is 23.7 Å². The van der Waals surface area contributed by atoms with E-state index in [0.29, 0.717) is 49.7 Å². The molecule has 0 amide bonds. The average molecular weight is 591 g/mol. The van der Waals surface area contributed by atoms with Crippen LogP contribution < -0.4 is 0 Å². The molecule has 1 aromatic carbocycles. The second kappa shape index (κ2) is 13.7. The molecule has 2 heterocycles. The summed E-state index contributed by atoms with van der Waals surface area (Å²) in [6.07, 6.45) is 3.34. The zero-order valence-electron chi connectivity index (χ0n) is 26.9. The number of ether oxygens (including phenoxy) is 2. The molecule has 3 rings (SSSR count). The number of carbonyl (C=O) groups is 2. The highest BCUT2D eigenvalue weighted by Crippen LogP contribution is 2.48. The number of rotatable bonds is 13. The fourth-order valence-corrected chi connectivity index (χ4v) is 7.45. The fourth-order valence-electron chi connectivity index (χ4n) is 7.45. The maximum atomic E-state index is 13.9. The van der Waals surface area contributed by atoms with Crippen LogP contribution in [0.1, 0.15) is 115 Å². The Bertz CT molecular complexity index is 1100. The van der Waals surface area contributed by atoms with Gasteiger partial charge in [0.05, 0.1) is 35.6 Å². The van der Waals surface area contributed by atoms with Crippen LogP contribution in [0.5, 0.6) is 5.75 Å². The summed E-state index contributed by atoms with van der Waals surface area (Å²) < 4.78 is 13.2. The van der Waals surface area contributed by atoms with Crippen molar-refractivity contribution in [3.05, 3.63) is 28.8 Å². The minimum absolute atomic E-state index is 0.0157. The highest BCUT2D eigenvalue weighted by Gasteiger charge is 2.55. The largest absolute Gasteiger partial charge is 0.507 e. The van der Waals surface area contributed by atoms with Gasteiger partial charge in [-0.25, -0.2) is 4.79 Å². The van der Waals surface area contributed by atoms with Gasteiger partial charge >= 0.3 is 5.97 Å². The SMILES string of the molecule is CC[C@@H](C(=O)[C@@H](C)[C@@H](O)[C@H](C)CCc1ccc(C)c(O)c1C(=O)O)[C@H]1O[C@](CC)([C@H]2CC[C@](O)(CC)[C@@H](C)O2)C[C@@H]1C. The summed E-state index contributed by atoms with van der Waals surface area (Å²) in [5.41, 5.74) is -0.437. The van der Waals surface area contributed by atoms with E-state index in [4.69, 9.17) is 9.47 Å². The van der Waals surface area contributed by atoms with E-state index in [2.05, 4.69) is 13.8 Å². The molecule has 0 saturated carbocycles. The summed E-state index contributed by atoms with van der Waals surface area (Å²) in [6, 6.07) is 3.40. The van der Waals surface area contributed by atoms with Gasteiger partial charge in [-0.05, 0) is 88.2 Å². The Morgan fingerprint density at radius 2 is 1.79 bits per heavy atom. The Morgan fingerprint density at radius 3 is 2.33 bits per heavy atom. The van der Waals surface area contributed by atoms with Crippen molar-refractivity contribution in [1.29, 1.82) is 0 Å². The molecule has 2 aliphatic rings. The number of aliphatic hydroxyl groups excluding tert-OH is 1. The first-order chi connectivity index (χ1) is 19.7. The zero-order chi connectivity index (χ0) is 31.6. The van der Waals surface area contributed by atoms with Gasteiger partial charge in [-0.2, -0.15) is 0 Å². The van der Waals surface area contributed by atoms with Gasteiger partial charge in [-0.15, -0.1) is 0 Å². The monoisotopic (exact) mass is 590 g/mol. The Morgan fingerprint density at radius 1 is 1.12 bits per heavy atom. The van der Waals surface area contributed by atoms with Gasteiger partial charge in [0.2, 0.25) is 0 Å². The standard InChI is InChI=1S/C34H54O8/c1-9-25(31-21(6)18-34(11-3,42-31)26-16-17-33(40,10-2)23(8)41-26)30(37)22(7)28(35)19(4)12-14-24-15-13-20(5)29(36)27(24)32(38)39/h13,15,19,21-23,25-26,28,31,35-36,40H,9-12,14,16-18H2,1-8H3,(H,38,39)/t19-,21+,22+,23-,25+,26-,28+,31+,33-,34+/m1/s1. The Balaban J connectivity index is 1.69. The summed E-state index contributed by atoms with van der Waals surface area (Å²) in [5, 5.41) is 42.1. The van der Waals surface area contributed by atoms with Crippen molar-refractivity contribution in [2.75, 3.05) is 0 Å². The van der Waals surface area contributed by atoms with E-state index in [1.807, 2.05) is 27.7 Å². The predicted octanol–water partition coefficient (Wildman–Crippen LogP) is 5.84. The van der Waals surface area contributed by atoms with E-state index in [-0.39, 0.29) is 53.2 Å². The van der Waals surface area contributed by atoms with E-state index in [9.17, 15) is 30.0 Å². The first-order valence-corrected chi connectivity index (χ1v) is 16.0. The second-order valence-electron chi connectivity index (χ2n) is 13.2. The summed E-state index contributed by atoms with van der Waals surface area (Å²) in [5.74, 6) is -2.55. The van der Waals surface area contributed by atoms with Gasteiger partial charge in [0.25, 0.3) is 0 Å². The third kappa shape index (κ3) is 6.72. The van der Waals surface area contributed by atoms with Crippen molar-refractivity contribution in [2.45, 2.75) is 142 Å². The lowest BCUT2D eigenvalue weighted by Gasteiger charge is -2.47. The number of benzene rings is 1. The molecule has 238 valence electrons. The first-order valence-electron chi connectivity index (χ1n) is 16.0. The molecule has 1 aromatic rings. The summed E-state index contributed by atoms with van der Waals surface area (Å²) in [6.45, 7) is 15.4. The van der Waals surface area contributed by atoms with Crippen LogP contribution in [0.15, 0.2) is 12.1 Å². The van der Waals surface area contributed by atoms with Crippen molar-refractivity contribution in [3.63, 3.8) is 0 Å². The lowest BCUT2D eigenvalue weighted by Crippen LogP contribution is -2.55. The van der Waals surface area contributed by atoms with Gasteiger partial charge in [-0.3, -0.25) is 4.79 Å². The number of aromatic hydroxyl groups is 1. The number of carboxylic acid groups (broad SMARTS) is 1. The van der Waals surface area contributed by atoms with Gasteiger partial charge < -0.3 is 29.9 Å². The lowest BCUT2D eigenvalue weighted by atomic mass is 9.76. The molecule has 8 nitrogen and oxygen atoms in total. The molecule has 4 N–H and O–H groups in total. The maximum absolute atomic E-state index is 13.9. The van der Waals surface area contributed by atoms with Crippen LogP contribution in [0, 0.1) is 30.6 Å². The molecule has 42 heavy (non-hydrogen) atoms. The van der Waals surface area contributed by atoms with Gasteiger partial charge in [0.1, 0.15) is 17.1 Å². The van der Waals surface area contributed by atoms with Crippen molar-refractivity contribution in [1.82, 2.24) is 0 Å². The number of aliphatic hydroxyl groups is 2. The number of aromatic carboxylic acids is 1. The minimum Gasteiger partial charge on any atom is -0.507 e. The molecule has 2 saturated heterocycles. The third-order valence-corrected chi connectivity index (χ3v) is 10.7. The number of carboxylic acids is 1. The van der Waals surface area contributed by atoms with E-state index in [0.717, 1.165) is 12.8 Å². The number of hydrogen-bond donors (Lipinski definition) is 4. The van der Waals surface area contributed by atoms with Gasteiger partial charge in [-0.1, -0.05) is 53.7 Å². The number of ketones is 1. The molecule has 2 aliphatic heterocycles. The molecule has 0 bridgehead atoms. The van der Waals surface area contributed by atoms with Gasteiger partial charge in [0, 0.05) is 11.8 Å². The molecule has 0 radical (unpaired) electrons. The molecule has 10 atom stereocenters. The van der Waals surface area contributed by atoms with E-state index in [1.165, 1.54) is 0 Å². The molecule has 0 unspecified atom stereocenters. The normalized spacial score (nSPS) is 32.7. The number of hydrogen-bond acceptors (Lipinski definition) is 7. The second-order valence-corrected chi connectivity index (χ2v) is 13.2. The summed E-state index contributed by atoms with van der Waals surface area (Å²) in [4.78, 5) is 25.7. The number of carbonyl (C=O) groups excluding carboxylic acids is 1. The average Bonchev–Trinajstić information content (AvgIpc) is 3.31. The van der Waals surface area contributed by atoms with Gasteiger partial charge in [0.15, 0.2) is 0 Å². The fraction of sp³-hybridized carbons (Fsp3) is 0.765. The van der Waals surface area contributed by atoms with Crippen LogP contribution in [-0.2, 0) is 20.7 Å². The highest BCUT2D eigenvalue weighted by atomic mass is 16.6. The number of Topliss-reactive ketones (excluding diaryl/α,β-unsaturated/α-hetero) is 1. The molecular formula is C34H54O8. The van der Waals surface area contributed by atoms with Crippen LogP contribution in [0.3, 0.4) is 0 Å². The Kier molecular flexibility index (Phi) is 11.3. The zero-order valence-corrected chi connectivity index (χ0v) is 26.9. The van der Waals surface area contributed by atoms with Crippen LogP contribution in [0.4, 0.5) is 0 Å². The molecular weight excluding hydrogens is 536 g/mol. The minimum atomic E-state index is -1.18. The van der Waals surface area contributed by atoms with E-state index >= 15 is 0 Å². The van der Waals surface area contributed by atoms with Crippen molar-refractivity contribution in [3.8, 4) is 5.75 Å². The topological polar surface area (TPSA) is 134 Å². The maximum Gasteiger partial charge on any atom is 0.339 e. The molecule has 8 heteroatoms. The Hall–Kier alpha value is -2.00. The summed E-state index contributed by atoms with van der Waals surface area (Å²) >= 11 is 0. The van der Waals surface area contributed by atoms with Crippen LogP contribution in [-0.4, -0.2) is 67.8 Å². The number of aryl methyl sites for hydroxylation is 2. The molecule has 0 aliphatic carbocycles. The van der Waals surface area contributed by atoms with Crippen LogP contribution in [0.2, 0.25) is 0 Å². The van der Waals surface area contributed by atoms with E-state index in [1.54, 1.807) is 26.0 Å². The molecule has 0 spiro atoms. The number of phenols is 1. The van der Waals surface area contributed by atoms with E-state index < -0.39 is 29.2 Å². The predicted molar refractivity (Wildman–Crippen MR) is 162 cm³/mol.